The normalized spacial score (nSPS) is 13.8. The predicted molar refractivity (Wildman–Crippen MR) is 135 cm³/mol. The van der Waals surface area contributed by atoms with Crippen molar-refractivity contribution in [2.24, 2.45) is 0 Å². The molecule has 0 atom stereocenters. The Kier molecular flexibility index (Phi) is 6.54. The van der Waals surface area contributed by atoms with E-state index in [2.05, 4.69) is 6.58 Å². The summed E-state index contributed by atoms with van der Waals surface area (Å²) in [6, 6.07) is 12.9. The van der Waals surface area contributed by atoms with Crippen molar-refractivity contribution in [3.05, 3.63) is 71.5 Å². The fraction of sp³-hybridized carbons (Fsp3) is 0.200. The highest BCUT2D eigenvalue weighted by molar-refractivity contribution is 7.80. The zero-order chi connectivity index (χ0) is 23.7. The van der Waals surface area contributed by atoms with Crippen molar-refractivity contribution in [1.82, 2.24) is 9.80 Å². The Morgan fingerprint density at radius 3 is 2.52 bits per heavy atom. The highest BCUT2D eigenvalue weighted by Crippen LogP contribution is 2.41. The molecule has 0 unspecified atom stereocenters. The SMILES string of the molecule is C=CC(=O)N1CCN(C(=S)c2cc(Cl)c(-c3cc(OC)cc4ccccc34)c(F)c2N)CC1. The van der Waals surface area contributed by atoms with Crippen LogP contribution in [0, 0.1) is 5.82 Å². The van der Waals surface area contributed by atoms with E-state index in [1.54, 1.807) is 24.1 Å². The molecule has 0 aliphatic carbocycles. The molecule has 3 aromatic rings. The van der Waals surface area contributed by atoms with Crippen molar-refractivity contribution in [3.63, 3.8) is 0 Å². The summed E-state index contributed by atoms with van der Waals surface area (Å²) < 4.78 is 21.1. The summed E-state index contributed by atoms with van der Waals surface area (Å²) in [6.45, 7) is 5.54. The van der Waals surface area contributed by atoms with Crippen molar-refractivity contribution in [2.75, 3.05) is 39.0 Å². The third-order valence-corrected chi connectivity index (χ3v) is 6.66. The molecule has 0 radical (unpaired) electrons. The molecule has 4 rings (SSSR count). The number of halogens is 2. The number of nitrogens with zero attached hydrogens (tertiary/aromatic N) is 2. The summed E-state index contributed by atoms with van der Waals surface area (Å²) in [5.41, 5.74) is 7.36. The molecule has 1 heterocycles. The minimum atomic E-state index is -0.626. The summed E-state index contributed by atoms with van der Waals surface area (Å²) in [7, 11) is 1.56. The number of thiocarbonyl (C=S) groups is 1. The van der Waals surface area contributed by atoms with Crippen LogP contribution in [0.15, 0.2) is 55.1 Å². The van der Waals surface area contributed by atoms with Gasteiger partial charge >= 0.3 is 0 Å². The lowest BCUT2D eigenvalue weighted by Crippen LogP contribution is -2.50. The Labute approximate surface area is 202 Å². The Morgan fingerprint density at radius 1 is 1.18 bits per heavy atom. The number of amides is 1. The number of anilines is 1. The molecule has 170 valence electrons. The van der Waals surface area contributed by atoms with Crippen LogP contribution >= 0.6 is 23.8 Å². The van der Waals surface area contributed by atoms with Gasteiger partial charge in [-0.3, -0.25) is 4.79 Å². The van der Waals surface area contributed by atoms with Crippen molar-refractivity contribution < 1.29 is 13.9 Å². The molecule has 1 saturated heterocycles. The minimum absolute atomic E-state index is 0.0594. The number of benzene rings is 3. The molecular formula is C25H23ClFN3O2S. The second-order valence-corrected chi connectivity index (χ2v) is 8.52. The molecule has 33 heavy (non-hydrogen) atoms. The van der Waals surface area contributed by atoms with Gasteiger partial charge in [-0.05, 0) is 40.6 Å². The number of rotatable bonds is 4. The lowest BCUT2D eigenvalue weighted by molar-refractivity contribution is -0.127. The largest absolute Gasteiger partial charge is 0.497 e. The van der Waals surface area contributed by atoms with Gasteiger partial charge in [-0.25, -0.2) is 4.39 Å². The topological polar surface area (TPSA) is 58.8 Å². The third kappa shape index (κ3) is 4.26. The van der Waals surface area contributed by atoms with Crippen molar-refractivity contribution in [3.8, 4) is 16.9 Å². The van der Waals surface area contributed by atoms with Gasteiger partial charge in [-0.2, -0.15) is 0 Å². The fourth-order valence-electron chi connectivity index (χ4n) is 4.10. The Balaban J connectivity index is 1.73. The molecular weight excluding hydrogens is 461 g/mol. The zero-order valence-corrected chi connectivity index (χ0v) is 19.7. The average Bonchev–Trinajstić information content (AvgIpc) is 2.85. The molecule has 0 bridgehead atoms. The summed E-state index contributed by atoms with van der Waals surface area (Å²) in [6.07, 6.45) is 1.29. The van der Waals surface area contributed by atoms with Gasteiger partial charge in [0.2, 0.25) is 5.91 Å². The first kappa shape index (κ1) is 23.0. The van der Waals surface area contributed by atoms with Gasteiger partial charge in [-0.15, -0.1) is 0 Å². The fourth-order valence-corrected chi connectivity index (χ4v) is 4.74. The number of hydrogen-bond donors (Lipinski definition) is 1. The summed E-state index contributed by atoms with van der Waals surface area (Å²) in [5, 5.41) is 1.93. The number of hydrogen-bond acceptors (Lipinski definition) is 4. The minimum Gasteiger partial charge on any atom is -0.497 e. The molecule has 1 fully saturated rings. The molecule has 8 heteroatoms. The van der Waals surface area contributed by atoms with Crippen molar-refractivity contribution >= 4 is 51.2 Å². The number of nitrogen functional groups attached to an aromatic ring is 1. The standard InChI is InChI=1S/C25H23ClFN3O2S/c1-3-21(31)29-8-10-30(11-9-29)25(33)19-14-20(26)22(23(27)24(19)28)18-13-16(32-2)12-15-6-4-5-7-17(15)18/h3-7,12-14H,1,8-11,28H2,2H3. The maximum atomic E-state index is 15.7. The van der Waals surface area contributed by atoms with E-state index in [-0.39, 0.29) is 22.2 Å². The van der Waals surface area contributed by atoms with Gasteiger partial charge in [0.15, 0.2) is 5.82 Å². The zero-order valence-electron chi connectivity index (χ0n) is 18.1. The molecule has 2 N–H and O–H groups in total. The molecule has 5 nitrogen and oxygen atoms in total. The highest BCUT2D eigenvalue weighted by Gasteiger charge is 2.26. The number of methoxy groups -OCH3 is 1. The van der Waals surface area contributed by atoms with Crippen LogP contribution in [-0.4, -0.2) is 54.0 Å². The van der Waals surface area contributed by atoms with Crippen LogP contribution in [0.1, 0.15) is 5.56 Å². The van der Waals surface area contributed by atoms with E-state index >= 15 is 4.39 Å². The van der Waals surface area contributed by atoms with E-state index in [0.29, 0.717) is 48.0 Å². The molecule has 3 aromatic carbocycles. The second kappa shape index (κ2) is 9.37. The number of piperazine rings is 1. The van der Waals surface area contributed by atoms with Gasteiger partial charge in [0, 0.05) is 37.3 Å². The maximum Gasteiger partial charge on any atom is 0.246 e. The van der Waals surface area contributed by atoms with E-state index in [1.807, 2.05) is 35.2 Å². The number of fused-ring (bicyclic) bond motifs is 1. The third-order valence-electron chi connectivity index (χ3n) is 5.88. The van der Waals surface area contributed by atoms with Crippen LogP contribution in [0.25, 0.3) is 21.9 Å². The average molecular weight is 484 g/mol. The van der Waals surface area contributed by atoms with Gasteiger partial charge in [0.1, 0.15) is 10.7 Å². The van der Waals surface area contributed by atoms with Gasteiger partial charge in [0.05, 0.1) is 17.8 Å². The van der Waals surface area contributed by atoms with E-state index in [9.17, 15) is 4.79 Å². The first-order valence-corrected chi connectivity index (χ1v) is 11.2. The quantitative estimate of drug-likeness (QED) is 0.325. The van der Waals surface area contributed by atoms with Gasteiger partial charge < -0.3 is 20.3 Å². The smallest absolute Gasteiger partial charge is 0.246 e. The molecule has 1 aliphatic rings. The highest BCUT2D eigenvalue weighted by atomic mass is 35.5. The Bertz CT molecular complexity index is 1270. The van der Waals surface area contributed by atoms with E-state index in [1.165, 1.54) is 6.08 Å². The summed E-state index contributed by atoms with van der Waals surface area (Å²) in [4.78, 5) is 15.8. The first-order valence-electron chi connectivity index (χ1n) is 10.4. The summed E-state index contributed by atoms with van der Waals surface area (Å²) >= 11 is 12.3. The predicted octanol–water partition coefficient (Wildman–Crippen LogP) is 4.90. The molecule has 1 aliphatic heterocycles. The molecule has 0 spiro atoms. The van der Waals surface area contributed by atoms with Crippen LogP contribution in [0.3, 0.4) is 0 Å². The Hall–Kier alpha value is -3.16. The van der Waals surface area contributed by atoms with E-state index < -0.39 is 5.82 Å². The number of nitrogens with two attached hydrogens (primary N) is 1. The van der Waals surface area contributed by atoms with Crippen molar-refractivity contribution in [1.29, 1.82) is 0 Å². The van der Waals surface area contributed by atoms with Crippen LogP contribution in [0.2, 0.25) is 5.02 Å². The molecule has 1 amide bonds. The molecule has 0 aromatic heterocycles. The van der Waals surface area contributed by atoms with Gasteiger partial charge in [0.25, 0.3) is 0 Å². The van der Waals surface area contributed by atoms with Crippen LogP contribution in [-0.2, 0) is 4.79 Å². The van der Waals surface area contributed by atoms with Crippen molar-refractivity contribution in [2.45, 2.75) is 0 Å². The van der Waals surface area contributed by atoms with E-state index in [4.69, 9.17) is 34.3 Å². The van der Waals surface area contributed by atoms with Gasteiger partial charge in [-0.1, -0.05) is 54.7 Å². The lowest BCUT2D eigenvalue weighted by atomic mass is 9.95. The lowest BCUT2D eigenvalue weighted by Gasteiger charge is -2.36. The number of ether oxygens (including phenoxy) is 1. The number of carbonyl (C=O) groups is 1. The Morgan fingerprint density at radius 2 is 1.85 bits per heavy atom. The molecule has 0 saturated carbocycles. The number of carbonyl (C=O) groups excluding carboxylic acids is 1. The maximum absolute atomic E-state index is 15.7. The van der Waals surface area contributed by atoms with Crippen LogP contribution < -0.4 is 10.5 Å². The van der Waals surface area contributed by atoms with E-state index in [0.717, 1.165) is 10.8 Å². The second-order valence-electron chi connectivity index (χ2n) is 7.73. The monoisotopic (exact) mass is 483 g/mol. The first-order chi connectivity index (χ1) is 15.8. The van der Waals surface area contributed by atoms with Crippen LogP contribution in [0.5, 0.6) is 5.75 Å². The van der Waals surface area contributed by atoms with Crippen LogP contribution in [0.4, 0.5) is 10.1 Å². The summed E-state index contributed by atoms with van der Waals surface area (Å²) in [5.74, 6) is -0.160.